The molecule has 0 unspecified atom stereocenters. The number of aliphatic carboxylic acids is 1. The minimum absolute atomic E-state index is 0.127. The molecule has 0 radical (unpaired) electrons. The fourth-order valence-corrected chi connectivity index (χ4v) is 1.61. The van der Waals surface area contributed by atoms with Crippen molar-refractivity contribution in [3.63, 3.8) is 0 Å². The van der Waals surface area contributed by atoms with Crippen molar-refractivity contribution in [3.05, 3.63) is 18.2 Å². The fraction of sp³-hybridized carbons (Fsp3) is 0.400. The molecule has 2 amide bonds. The lowest BCUT2D eigenvalue weighted by Crippen LogP contribution is -2.22. The Morgan fingerprint density at radius 3 is 2.43 bits per heavy atom. The second-order valence-corrected chi connectivity index (χ2v) is 4.91. The normalized spacial score (nSPS) is 10.1. The third-order valence-electron chi connectivity index (χ3n) is 2.56. The number of hydrogen-bond acceptors (Lipinski definition) is 5. The number of carboxylic acid groups (broad SMARTS) is 1. The zero-order valence-corrected chi connectivity index (χ0v) is 13.2. The molecule has 1 aromatic rings. The highest BCUT2D eigenvalue weighted by molar-refractivity contribution is 5.92. The summed E-state index contributed by atoms with van der Waals surface area (Å²) in [7, 11) is 1.42. The number of carboxylic acids is 1. The highest BCUT2D eigenvalue weighted by Crippen LogP contribution is 2.31. The van der Waals surface area contributed by atoms with Gasteiger partial charge in [-0.05, 0) is 26.0 Å². The van der Waals surface area contributed by atoms with Crippen LogP contribution in [0.1, 0.15) is 26.7 Å². The van der Waals surface area contributed by atoms with E-state index in [1.807, 2.05) is 13.8 Å². The van der Waals surface area contributed by atoms with Crippen molar-refractivity contribution in [3.8, 4) is 11.5 Å². The van der Waals surface area contributed by atoms with E-state index < -0.39 is 18.0 Å². The molecule has 1 rings (SSSR count). The summed E-state index contributed by atoms with van der Waals surface area (Å²) in [6.07, 6.45) is -1.21. The van der Waals surface area contributed by atoms with Crippen molar-refractivity contribution in [2.45, 2.75) is 32.8 Å². The van der Waals surface area contributed by atoms with E-state index in [9.17, 15) is 14.4 Å². The maximum Gasteiger partial charge on any atom is 0.412 e. The molecule has 0 atom stereocenters. The van der Waals surface area contributed by atoms with Gasteiger partial charge in [-0.2, -0.15) is 0 Å². The van der Waals surface area contributed by atoms with Crippen LogP contribution in [-0.4, -0.2) is 36.2 Å². The molecule has 3 N–H and O–H groups in total. The molecule has 0 bridgehead atoms. The van der Waals surface area contributed by atoms with E-state index in [0.717, 1.165) is 0 Å². The molecule has 0 spiro atoms. The van der Waals surface area contributed by atoms with Gasteiger partial charge in [0.1, 0.15) is 0 Å². The molecule has 0 aliphatic rings. The quantitative estimate of drug-likeness (QED) is 0.707. The van der Waals surface area contributed by atoms with Gasteiger partial charge in [-0.15, -0.1) is 0 Å². The summed E-state index contributed by atoms with van der Waals surface area (Å²) in [6.45, 7) is 3.65. The minimum atomic E-state index is -1.05. The summed E-state index contributed by atoms with van der Waals surface area (Å²) in [5.74, 6) is -0.999. The van der Waals surface area contributed by atoms with Gasteiger partial charge in [0.25, 0.3) is 0 Å². The molecule has 23 heavy (non-hydrogen) atoms. The van der Waals surface area contributed by atoms with Crippen LogP contribution in [0.3, 0.4) is 0 Å². The number of anilines is 1. The number of nitrogens with one attached hydrogen (secondary N) is 2. The first kappa shape index (κ1) is 18.3. The predicted molar refractivity (Wildman–Crippen MR) is 82.8 cm³/mol. The first-order chi connectivity index (χ1) is 10.8. The topological polar surface area (TPSA) is 114 Å². The first-order valence-electron chi connectivity index (χ1n) is 7.03. The third-order valence-corrected chi connectivity index (χ3v) is 2.56. The van der Waals surface area contributed by atoms with Crippen LogP contribution in [0.25, 0.3) is 0 Å². The van der Waals surface area contributed by atoms with Crippen LogP contribution in [0.4, 0.5) is 10.5 Å². The number of hydrogen-bond donors (Lipinski definition) is 3. The van der Waals surface area contributed by atoms with Crippen molar-refractivity contribution in [1.29, 1.82) is 0 Å². The number of carbonyl (C=O) groups excluding carboxylic acids is 2. The smallest absolute Gasteiger partial charge is 0.412 e. The molecular formula is C15H20N2O6. The van der Waals surface area contributed by atoms with Gasteiger partial charge in [0, 0.05) is 25.2 Å². The second kappa shape index (κ2) is 8.62. The SMILES string of the molecule is CNC(=O)Oc1cc(NC(=O)CCC(=O)O)ccc1OC(C)C. The Morgan fingerprint density at radius 1 is 1.17 bits per heavy atom. The fourth-order valence-electron chi connectivity index (χ4n) is 1.61. The number of carbonyl (C=O) groups is 3. The number of ether oxygens (including phenoxy) is 2. The maximum absolute atomic E-state index is 11.6. The average Bonchev–Trinajstić information content (AvgIpc) is 2.47. The molecule has 126 valence electrons. The van der Waals surface area contributed by atoms with E-state index in [2.05, 4.69) is 10.6 Å². The molecule has 0 saturated carbocycles. The lowest BCUT2D eigenvalue weighted by molar-refractivity contribution is -0.138. The van der Waals surface area contributed by atoms with E-state index in [1.165, 1.54) is 13.1 Å². The Balaban J connectivity index is 2.88. The Hall–Kier alpha value is -2.77. The summed E-state index contributed by atoms with van der Waals surface area (Å²) in [5, 5.41) is 13.4. The van der Waals surface area contributed by atoms with Gasteiger partial charge in [-0.25, -0.2) is 4.79 Å². The van der Waals surface area contributed by atoms with Gasteiger partial charge in [0.2, 0.25) is 5.91 Å². The molecule has 0 saturated heterocycles. The van der Waals surface area contributed by atoms with E-state index in [4.69, 9.17) is 14.6 Å². The zero-order chi connectivity index (χ0) is 17.4. The Kier molecular flexibility index (Phi) is 6.85. The predicted octanol–water partition coefficient (Wildman–Crippen LogP) is 2.00. The Bertz CT molecular complexity index is 585. The van der Waals surface area contributed by atoms with Gasteiger partial charge in [0.05, 0.1) is 12.5 Å². The molecule has 0 aliphatic heterocycles. The third kappa shape index (κ3) is 6.68. The van der Waals surface area contributed by atoms with Crippen molar-refractivity contribution in [2.75, 3.05) is 12.4 Å². The van der Waals surface area contributed by atoms with Gasteiger partial charge in [-0.1, -0.05) is 0 Å². The van der Waals surface area contributed by atoms with Crippen LogP contribution in [0.5, 0.6) is 11.5 Å². The standard InChI is InChI=1S/C15H20N2O6/c1-9(2)22-11-5-4-10(8-12(11)23-15(21)16-3)17-13(18)6-7-14(19)20/h4-5,8-9H,6-7H2,1-3H3,(H,16,21)(H,17,18)(H,19,20). The van der Waals surface area contributed by atoms with Gasteiger partial charge >= 0.3 is 12.1 Å². The molecule has 0 fully saturated rings. The molecule has 0 aromatic heterocycles. The second-order valence-electron chi connectivity index (χ2n) is 4.91. The maximum atomic E-state index is 11.6. The lowest BCUT2D eigenvalue weighted by atomic mass is 10.2. The Morgan fingerprint density at radius 2 is 1.87 bits per heavy atom. The average molecular weight is 324 g/mol. The molecule has 8 nitrogen and oxygen atoms in total. The van der Waals surface area contributed by atoms with Crippen LogP contribution < -0.4 is 20.1 Å². The summed E-state index contributed by atoms with van der Waals surface area (Å²) in [6, 6.07) is 4.57. The molecule has 0 aliphatic carbocycles. The highest BCUT2D eigenvalue weighted by Gasteiger charge is 2.13. The van der Waals surface area contributed by atoms with Crippen LogP contribution >= 0.6 is 0 Å². The molecule has 1 aromatic carbocycles. The Labute approximate surface area is 133 Å². The molecular weight excluding hydrogens is 304 g/mol. The largest absolute Gasteiger partial charge is 0.487 e. The van der Waals surface area contributed by atoms with Crippen LogP contribution in [0.15, 0.2) is 18.2 Å². The van der Waals surface area contributed by atoms with E-state index >= 15 is 0 Å². The van der Waals surface area contributed by atoms with Crippen molar-refractivity contribution in [1.82, 2.24) is 5.32 Å². The minimum Gasteiger partial charge on any atom is -0.487 e. The van der Waals surface area contributed by atoms with E-state index in [-0.39, 0.29) is 24.7 Å². The number of amides is 2. The zero-order valence-electron chi connectivity index (χ0n) is 13.2. The van der Waals surface area contributed by atoms with Crippen molar-refractivity contribution < 1.29 is 29.0 Å². The van der Waals surface area contributed by atoms with Gasteiger partial charge < -0.3 is 25.2 Å². The highest BCUT2D eigenvalue weighted by atomic mass is 16.6. The van der Waals surface area contributed by atoms with Gasteiger partial charge in [0.15, 0.2) is 11.5 Å². The van der Waals surface area contributed by atoms with Crippen molar-refractivity contribution in [2.24, 2.45) is 0 Å². The lowest BCUT2D eigenvalue weighted by Gasteiger charge is -2.15. The van der Waals surface area contributed by atoms with Gasteiger partial charge in [-0.3, -0.25) is 9.59 Å². The van der Waals surface area contributed by atoms with Crippen LogP contribution in [0.2, 0.25) is 0 Å². The summed E-state index contributed by atoms with van der Waals surface area (Å²) in [4.78, 5) is 33.5. The van der Waals surface area contributed by atoms with E-state index in [0.29, 0.717) is 11.4 Å². The summed E-state index contributed by atoms with van der Waals surface area (Å²) >= 11 is 0. The first-order valence-corrected chi connectivity index (χ1v) is 7.03. The molecule has 8 heteroatoms. The number of rotatable bonds is 7. The summed E-state index contributed by atoms with van der Waals surface area (Å²) < 4.78 is 10.6. The monoisotopic (exact) mass is 324 g/mol. The summed E-state index contributed by atoms with van der Waals surface area (Å²) in [5.41, 5.74) is 0.371. The van der Waals surface area contributed by atoms with Crippen LogP contribution in [-0.2, 0) is 9.59 Å². The molecule has 0 heterocycles. The van der Waals surface area contributed by atoms with Crippen LogP contribution in [0, 0.1) is 0 Å². The number of benzene rings is 1. The van der Waals surface area contributed by atoms with E-state index in [1.54, 1.807) is 12.1 Å². The van der Waals surface area contributed by atoms with Crippen molar-refractivity contribution >= 4 is 23.7 Å².